The Bertz CT molecular complexity index is 480. The summed E-state index contributed by atoms with van der Waals surface area (Å²) in [7, 11) is 0. The van der Waals surface area contributed by atoms with Gasteiger partial charge in [0.05, 0.1) is 18.0 Å². The van der Waals surface area contributed by atoms with E-state index in [0.29, 0.717) is 11.7 Å². The van der Waals surface area contributed by atoms with Gasteiger partial charge in [0.1, 0.15) is 13.2 Å². The molecule has 2 amide bonds. The minimum absolute atomic E-state index is 0.00497. The maximum absolute atomic E-state index is 11.6. The third-order valence-electron chi connectivity index (χ3n) is 2.71. The molecule has 2 rings (SSSR count). The Morgan fingerprint density at radius 3 is 2.85 bits per heavy atom. The van der Waals surface area contributed by atoms with Gasteiger partial charge in [-0.2, -0.15) is 5.10 Å². The molecular weight excluding hydrogens is 260 g/mol. The zero-order valence-electron chi connectivity index (χ0n) is 11.8. The first-order chi connectivity index (χ1) is 9.52. The zero-order valence-corrected chi connectivity index (χ0v) is 11.8. The normalized spacial score (nSPS) is 14.3. The standard InChI is InChI=1S/C13H20N4O3/c1-9(2)20-8-13(19)16-11-5-14-17(6-11)7-12(18)15-10-3-4-10/h5-6,9-10H,3-4,7-8H2,1-2H3,(H,15,18)(H,16,19). The lowest BCUT2D eigenvalue weighted by Crippen LogP contribution is -2.29. The van der Waals surface area contributed by atoms with Crippen molar-refractivity contribution in [1.82, 2.24) is 15.1 Å². The van der Waals surface area contributed by atoms with Crippen LogP contribution in [-0.4, -0.2) is 40.3 Å². The van der Waals surface area contributed by atoms with E-state index in [-0.39, 0.29) is 31.1 Å². The topological polar surface area (TPSA) is 85.2 Å². The third-order valence-corrected chi connectivity index (χ3v) is 2.71. The lowest BCUT2D eigenvalue weighted by Gasteiger charge is -2.06. The Morgan fingerprint density at radius 2 is 2.20 bits per heavy atom. The van der Waals surface area contributed by atoms with Gasteiger partial charge >= 0.3 is 0 Å². The van der Waals surface area contributed by atoms with Gasteiger partial charge in [-0.1, -0.05) is 0 Å². The number of amides is 2. The average molecular weight is 280 g/mol. The Labute approximate surface area is 117 Å². The maximum Gasteiger partial charge on any atom is 0.250 e. The van der Waals surface area contributed by atoms with Crippen LogP contribution in [0.3, 0.4) is 0 Å². The number of nitrogens with one attached hydrogen (secondary N) is 2. The summed E-state index contributed by atoms with van der Waals surface area (Å²) in [5, 5.41) is 9.58. The number of aromatic nitrogens is 2. The van der Waals surface area contributed by atoms with Crippen LogP contribution >= 0.6 is 0 Å². The number of carbonyl (C=O) groups is 2. The molecule has 0 aliphatic heterocycles. The number of ether oxygens (including phenoxy) is 1. The molecule has 1 aromatic rings. The van der Waals surface area contributed by atoms with E-state index in [1.54, 1.807) is 6.20 Å². The maximum atomic E-state index is 11.6. The highest BCUT2D eigenvalue weighted by atomic mass is 16.5. The van der Waals surface area contributed by atoms with Gasteiger partial charge in [0.15, 0.2) is 0 Å². The van der Waals surface area contributed by atoms with Crippen molar-refractivity contribution in [3.63, 3.8) is 0 Å². The fourth-order valence-electron chi connectivity index (χ4n) is 1.60. The molecule has 2 N–H and O–H groups in total. The predicted molar refractivity (Wildman–Crippen MR) is 73.1 cm³/mol. The summed E-state index contributed by atoms with van der Waals surface area (Å²) in [6, 6.07) is 0.338. The first-order valence-electron chi connectivity index (χ1n) is 6.76. The van der Waals surface area contributed by atoms with E-state index in [2.05, 4.69) is 15.7 Å². The molecule has 0 atom stereocenters. The van der Waals surface area contributed by atoms with Crippen molar-refractivity contribution < 1.29 is 14.3 Å². The first kappa shape index (κ1) is 14.5. The number of hydrogen-bond donors (Lipinski definition) is 2. The van der Waals surface area contributed by atoms with Gasteiger partial charge in [-0.15, -0.1) is 0 Å². The predicted octanol–water partition coefficient (Wildman–Crippen LogP) is 0.525. The average Bonchev–Trinajstić information content (AvgIpc) is 3.07. The van der Waals surface area contributed by atoms with Gasteiger partial charge in [-0.05, 0) is 26.7 Å². The van der Waals surface area contributed by atoms with Gasteiger partial charge in [-0.25, -0.2) is 0 Å². The fraction of sp³-hybridized carbons (Fsp3) is 0.615. The van der Waals surface area contributed by atoms with Crippen molar-refractivity contribution in [1.29, 1.82) is 0 Å². The second-order valence-corrected chi connectivity index (χ2v) is 5.18. The van der Waals surface area contributed by atoms with Gasteiger partial charge < -0.3 is 15.4 Å². The van der Waals surface area contributed by atoms with Crippen LogP contribution in [0.5, 0.6) is 0 Å². The van der Waals surface area contributed by atoms with Crippen LogP contribution < -0.4 is 10.6 Å². The minimum atomic E-state index is -0.235. The van der Waals surface area contributed by atoms with Crippen LogP contribution in [0.15, 0.2) is 12.4 Å². The van der Waals surface area contributed by atoms with Crippen LogP contribution in [0.4, 0.5) is 5.69 Å². The third kappa shape index (κ3) is 5.00. The van der Waals surface area contributed by atoms with E-state index < -0.39 is 0 Å². The van der Waals surface area contributed by atoms with Crippen LogP contribution in [0.25, 0.3) is 0 Å². The van der Waals surface area contributed by atoms with E-state index >= 15 is 0 Å². The van der Waals surface area contributed by atoms with Crippen molar-refractivity contribution >= 4 is 17.5 Å². The van der Waals surface area contributed by atoms with E-state index in [0.717, 1.165) is 12.8 Å². The van der Waals surface area contributed by atoms with Crippen molar-refractivity contribution in [2.24, 2.45) is 0 Å². The Morgan fingerprint density at radius 1 is 1.45 bits per heavy atom. The lowest BCUT2D eigenvalue weighted by atomic mass is 10.4. The molecule has 0 bridgehead atoms. The van der Waals surface area contributed by atoms with E-state index in [1.165, 1.54) is 10.9 Å². The second kappa shape index (κ2) is 6.51. The molecule has 7 nitrogen and oxygen atoms in total. The second-order valence-electron chi connectivity index (χ2n) is 5.18. The molecule has 1 saturated carbocycles. The Hall–Kier alpha value is -1.89. The molecule has 1 heterocycles. The van der Waals surface area contributed by atoms with Crippen molar-refractivity contribution in [2.45, 2.75) is 45.4 Å². The van der Waals surface area contributed by atoms with Crippen LogP contribution in [0.2, 0.25) is 0 Å². The smallest absolute Gasteiger partial charge is 0.250 e. The first-order valence-corrected chi connectivity index (χ1v) is 6.76. The molecule has 0 unspecified atom stereocenters. The largest absolute Gasteiger partial charge is 0.369 e. The molecule has 110 valence electrons. The SMILES string of the molecule is CC(C)OCC(=O)Nc1cnn(CC(=O)NC2CC2)c1. The number of hydrogen-bond acceptors (Lipinski definition) is 4. The van der Waals surface area contributed by atoms with Crippen molar-refractivity contribution in [2.75, 3.05) is 11.9 Å². The number of anilines is 1. The Kier molecular flexibility index (Phi) is 4.73. The molecule has 20 heavy (non-hydrogen) atoms. The summed E-state index contributed by atoms with van der Waals surface area (Å²) in [5.41, 5.74) is 0.557. The molecule has 1 aromatic heterocycles. The minimum Gasteiger partial charge on any atom is -0.369 e. The number of rotatable bonds is 7. The summed E-state index contributed by atoms with van der Waals surface area (Å²) in [6.45, 7) is 3.90. The molecule has 1 fully saturated rings. The molecule has 0 radical (unpaired) electrons. The number of carbonyl (C=O) groups excluding carboxylic acids is 2. The van der Waals surface area contributed by atoms with Crippen LogP contribution in [0, 0.1) is 0 Å². The molecule has 1 aliphatic rings. The Balaban J connectivity index is 1.76. The summed E-state index contributed by atoms with van der Waals surface area (Å²) in [6.07, 6.45) is 5.26. The zero-order chi connectivity index (χ0) is 14.5. The molecule has 1 aliphatic carbocycles. The van der Waals surface area contributed by atoms with Crippen LogP contribution in [0.1, 0.15) is 26.7 Å². The van der Waals surface area contributed by atoms with Gasteiger partial charge in [0.2, 0.25) is 11.8 Å². The summed E-state index contributed by atoms with van der Waals surface area (Å²) in [4.78, 5) is 23.1. The highest BCUT2D eigenvalue weighted by Crippen LogP contribution is 2.18. The monoisotopic (exact) mass is 280 g/mol. The molecule has 0 aromatic carbocycles. The molecule has 0 saturated heterocycles. The van der Waals surface area contributed by atoms with E-state index in [1.807, 2.05) is 13.8 Å². The molecular formula is C13H20N4O3. The quantitative estimate of drug-likeness (QED) is 0.762. The fourth-order valence-corrected chi connectivity index (χ4v) is 1.60. The molecule has 0 spiro atoms. The van der Waals surface area contributed by atoms with Crippen molar-refractivity contribution in [3.8, 4) is 0 Å². The van der Waals surface area contributed by atoms with E-state index in [9.17, 15) is 9.59 Å². The van der Waals surface area contributed by atoms with Gasteiger partial charge in [-0.3, -0.25) is 14.3 Å². The van der Waals surface area contributed by atoms with Gasteiger partial charge in [0.25, 0.3) is 0 Å². The number of nitrogens with zero attached hydrogens (tertiary/aromatic N) is 2. The van der Waals surface area contributed by atoms with Gasteiger partial charge in [0, 0.05) is 12.2 Å². The lowest BCUT2D eigenvalue weighted by molar-refractivity contribution is -0.122. The highest BCUT2D eigenvalue weighted by Gasteiger charge is 2.23. The molecule has 7 heteroatoms. The summed E-state index contributed by atoms with van der Waals surface area (Å²) < 4.78 is 6.69. The highest BCUT2D eigenvalue weighted by molar-refractivity contribution is 5.91. The van der Waals surface area contributed by atoms with Crippen molar-refractivity contribution in [3.05, 3.63) is 12.4 Å². The summed E-state index contributed by atoms with van der Waals surface area (Å²) >= 11 is 0. The summed E-state index contributed by atoms with van der Waals surface area (Å²) in [5.74, 6) is -0.294. The van der Waals surface area contributed by atoms with E-state index in [4.69, 9.17) is 4.74 Å². The van der Waals surface area contributed by atoms with Crippen LogP contribution in [-0.2, 0) is 20.9 Å².